The van der Waals surface area contributed by atoms with E-state index in [0.29, 0.717) is 22.6 Å². The minimum Gasteiger partial charge on any atom is -0.497 e. The number of amides is 2. The summed E-state index contributed by atoms with van der Waals surface area (Å²) in [5.41, 5.74) is 3.58. The van der Waals surface area contributed by atoms with Crippen LogP contribution in [0.2, 0.25) is 10.0 Å². The first-order chi connectivity index (χ1) is 17.2. The van der Waals surface area contributed by atoms with Gasteiger partial charge in [-0.1, -0.05) is 35.3 Å². The summed E-state index contributed by atoms with van der Waals surface area (Å²) in [4.78, 5) is 36.8. The summed E-state index contributed by atoms with van der Waals surface area (Å²) >= 11 is 11.9. The number of hydrazone groups is 1. The normalized spacial score (nSPS) is 10.9. The summed E-state index contributed by atoms with van der Waals surface area (Å²) in [6, 6.07) is 15.9. The number of anilines is 1. The van der Waals surface area contributed by atoms with Gasteiger partial charge in [0.15, 0.2) is 11.5 Å². The molecule has 186 valence electrons. The average molecular weight is 530 g/mol. The van der Waals surface area contributed by atoms with Crippen molar-refractivity contribution in [2.75, 3.05) is 19.5 Å². The van der Waals surface area contributed by atoms with Crippen LogP contribution < -0.4 is 25.0 Å². The molecule has 0 radical (unpaired) electrons. The van der Waals surface area contributed by atoms with E-state index < -0.39 is 17.8 Å². The lowest BCUT2D eigenvalue weighted by Gasteiger charge is -2.11. The molecule has 3 aromatic rings. The Bertz CT molecular complexity index is 1340. The number of methoxy groups -OCH3 is 2. The first kappa shape index (κ1) is 26.5. The molecule has 0 atom stereocenters. The largest absolute Gasteiger partial charge is 0.497 e. The molecule has 0 heterocycles. The van der Waals surface area contributed by atoms with E-state index in [9.17, 15) is 14.4 Å². The molecule has 0 aliphatic rings. The maximum Gasteiger partial charge on any atom is 0.343 e. The van der Waals surface area contributed by atoms with E-state index in [2.05, 4.69) is 15.8 Å². The van der Waals surface area contributed by atoms with Crippen molar-refractivity contribution in [3.05, 3.63) is 81.8 Å². The van der Waals surface area contributed by atoms with Crippen LogP contribution in [-0.4, -0.2) is 37.7 Å². The van der Waals surface area contributed by atoms with Crippen molar-refractivity contribution < 1.29 is 28.6 Å². The second kappa shape index (κ2) is 12.1. The van der Waals surface area contributed by atoms with E-state index in [1.807, 2.05) is 0 Å². The number of carbonyl (C=O) groups excluding carboxylic acids is 3. The highest BCUT2D eigenvalue weighted by molar-refractivity contribution is 6.45. The lowest BCUT2D eigenvalue weighted by atomic mass is 10.1. The van der Waals surface area contributed by atoms with Crippen molar-refractivity contribution in [2.24, 2.45) is 5.10 Å². The number of hydrogen-bond acceptors (Lipinski definition) is 7. The maximum absolute atomic E-state index is 12.5. The summed E-state index contributed by atoms with van der Waals surface area (Å²) in [7, 11) is 2.92. The van der Waals surface area contributed by atoms with E-state index in [4.69, 9.17) is 37.4 Å². The van der Waals surface area contributed by atoms with Crippen LogP contribution in [-0.2, 0) is 9.59 Å². The van der Waals surface area contributed by atoms with E-state index in [1.54, 1.807) is 55.5 Å². The zero-order chi connectivity index (χ0) is 26.2. The van der Waals surface area contributed by atoms with Gasteiger partial charge >= 0.3 is 17.8 Å². The van der Waals surface area contributed by atoms with Gasteiger partial charge in [0.2, 0.25) is 0 Å². The fraction of sp³-hybridized carbons (Fsp3) is 0.120. The minimum absolute atomic E-state index is 0.110. The molecule has 3 rings (SSSR count). The van der Waals surface area contributed by atoms with E-state index in [-0.39, 0.29) is 27.2 Å². The molecule has 0 aliphatic heterocycles. The Labute approximate surface area is 216 Å². The predicted molar refractivity (Wildman–Crippen MR) is 136 cm³/mol. The van der Waals surface area contributed by atoms with Crippen molar-refractivity contribution in [1.82, 2.24) is 5.43 Å². The number of nitrogens with zero attached hydrogens (tertiary/aromatic N) is 1. The third-order valence-electron chi connectivity index (χ3n) is 4.82. The highest BCUT2D eigenvalue weighted by Gasteiger charge is 2.17. The van der Waals surface area contributed by atoms with Gasteiger partial charge < -0.3 is 19.5 Å². The molecular formula is C25H21Cl2N3O6. The van der Waals surface area contributed by atoms with Crippen molar-refractivity contribution >= 4 is 52.4 Å². The van der Waals surface area contributed by atoms with Crippen LogP contribution in [0.1, 0.15) is 22.8 Å². The highest BCUT2D eigenvalue weighted by atomic mass is 35.5. The molecular weight excluding hydrogens is 509 g/mol. The van der Waals surface area contributed by atoms with Gasteiger partial charge in [0.25, 0.3) is 0 Å². The van der Waals surface area contributed by atoms with Gasteiger partial charge in [0.05, 0.1) is 41.2 Å². The van der Waals surface area contributed by atoms with Crippen LogP contribution in [0.5, 0.6) is 17.2 Å². The highest BCUT2D eigenvalue weighted by Crippen LogP contribution is 2.30. The van der Waals surface area contributed by atoms with Gasteiger partial charge in [-0.3, -0.25) is 9.59 Å². The van der Waals surface area contributed by atoms with Crippen molar-refractivity contribution in [1.29, 1.82) is 0 Å². The number of rotatable bonds is 7. The van der Waals surface area contributed by atoms with Crippen LogP contribution >= 0.6 is 23.2 Å². The number of hydrogen-bond donors (Lipinski definition) is 2. The molecule has 36 heavy (non-hydrogen) atoms. The van der Waals surface area contributed by atoms with Crippen molar-refractivity contribution in [3.63, 3.8) is 0 Å². The van der Waals surface area contributed by atoms with Gasteiger partial charge in [0.1, 0.15) is 5.75 Å². The topological polar surface area (TPSA) is 115 Å². The summed E-state index contributed by atoms with van der Waals surface area (Å²) < 4.78 is 15.9. The molecule has 2 amide bonds. The van der Waals surface area contributed by atoms with Gasteiger partial charge in [-0.15, -0.1) is 0 Å². The lowest BCUT2D eigenvalue weighted by molar-refractivity contribution is -0.136. The third kappa shape index (κ3) is 6.53. The molecule has 0 spiro atoms. The number of carbonyl (C=O) groups is 3. The van der Waals surface area contributed by atoms with E-state index >= 15 is 0 Å². The van der Waals surface area contributed by atoms with Crippen LogP contribution in [0.15, 0.2) is 65.8 Å². The molecule has 2 N–H and O–H groups in total. The smallest absolute Gasteiger partial charge is 0.343 e. The fourth-order valence-corrected chi connectivity index (χ4v) is 3.26. The second-order valence-corrected chi connectivity index (χ2v) is 7.97. The third-order valence-corrected chi connectivity index (χ3v) is 5.64. The number of benzene rings is 3. The summed E-state index contributed by atoms with van der Waals surface area (Å²) in [6.45, 7) is 1.61. The molecule has 0 aromatic heterocycles. The zero-order valence-electron chi connectivity index (χ0n) is 19.4. The Balaban J connectivity index is 1.68. The average Bonchev–Trinajstić information content (AvgIpc) is 2.89. The molecule has 11 heteroatoms. The predicted octanol–water partition coefficient (Wildman–Crippen LogP) is 4.71. The quantitative estimate of drug-likeness (QED) is 0.150. The summed E-state index contributed by atoms with van der Waals surface area (Å²) in [5, 5.41) is 6.66. The van der Waals surface area contributed by atoms with Crippen LogP contribution in [0.4, 0.5) is 5.69 Å². The minimum atomic E-state index is -1.01. The van der Waals surface area contributed by atoms with E-state index in [1.165, 1.54) is 26.4 Å². The first-order valence-corrected chi connectivity index (χ1v) is 11.1. The summed E-state index contributed by atoms with van der Waals surface area (Å²) in [6.07, 6.45) is 0. The molecule has 9 nitrogen and oxygen atoms in total. The Kier molecular flexibility index (Phi) is 8.88. The monoisotopic (exact) mass is 529 g/mol. The Hall–Kier alpha value is -4.08. The molecule has 0 unspecified atom stereocenters. The maximum atomic E-state index is 12.5. The zero-order valence-corrected chi connectivity index (χ0v) is 20.9. The fourth-order valence-electron chi connectivity index (χ4n) is 2.92. The number of nitrogens with one attached hydrogen (secondary N) is 2. The van der Waals surface area contributed by atoms with Crippen molar-refractivity contribution in [2.45, 2.75) is 6.92 Å². The number of halogens is 2. The van der Waals surface area contributed by atoms with Gasteiger partial charge in [-0.2, -0.15) is 5.10 Å². The van der Waals surface area contributed by atoms with E-state index in [0.717, 1.165) is 0 Å². The number of ether oxygens (including phenoxy) is 3. The second-order valence-electron chi connectivity index (χ2n) is 7.18. The van der Waals surface area contributed by atoms with Crippen LogP contribution in [0.3, 0.4) is 0 Å². The van der Waals surface area contributed by atoms with Crippen molar-refractivity contribution in [3.8, 4) is 17.2 Å². The Morgan fingerprint density at radius 1 is 0.833 bits per heavy atom. The SMILES string of the molecule is COc1cccc(C(=O)Oc2ccc(C(C)=NNC(=O)C(=O)Nc3cccc(Cl)c3Cl)cc2OC)c1. The lowest BCUT2D eigenvalue weighted by Crippen LogP contribution is -2.33. The standard InChI is InChI=1S/C25H21Cl2N3O6/c1-14(29-30-24(32)23(31)28-19-9-5-8-18(26)22(19)27)15-10-11-20(21(13-15)35-3)36-25(33)16-6-4-7-17(12-16)34-2/h4-13H,1-3H3,(H,28,31)(H,30,32). The Morgan fingerprint density at radius 3 is 2.31 bits per heavy atom. The molecule has 0 saturated carbocycles. The first-order valence-electron chi connectivity index (χ1n) is 10.4. The van der Waals surface area contributed by atoms with Gasteiger partial charge in [0, 0.05) is 5.56 Å². The molecule has 0 bridgehead atoms. The molecule has 0 fully saturated rings. The molecule has 0 aliphatic carbocycles. The Morgan fingerprint density at radius 2 is 1.58 bits per heavy atom. The van der Waals surface area contributed by atoms with Gasteiger partial charge in [-0.05, 0) is 55.5 Å². The molecule has 0 saturated heterocycles. The van der Waals surface area contributed by atoms with Crippen LogP contribution in [0.25, 0.3) is 0 Å². The van der Waals surface area contributed by atoms with Gasteiger partial charge in [-0.25, -0.2) is 10.2 Å². The summed E-state index contributed by atoms with van der Waals surface area (Å²) in [5.74, 6) is -1.62. The van der Waals surface area contributed by atoms with Crippen LogP contribution in [0, 0.1) is 0 Å². The molecule has 3 aromatic carbocycles. The number of esters is 1.